The van der Waals surface area contributed by atoms with Gasteiger partial charge in [0.1, 0.15) is 5.60 Å². The summed E-state index contributed by atoms with van der Waals surface area (Å²) < 4.78 is 11.2. The Balaban J connectivity index is 2.38. The maximum Gasteiger partial charge on any atom is 0.410 e. The van der Waals surface area contributed by atoms with Gasteiger partial charge in [-0.15, -0.1) is 0 Å². The maximum atomic E-state index is 12.0. The third-order valence-corrected chi connectivity index (χ3v) is 3.16. The fourth-order valence-corrected chi connectivity index (χ4v) is 2.18. The first kappa shape index (κ1) is 16.2. The highest BCUT2D eigenvalue weighted by atomic mass is 16.6. The van der Waals surface area contributed by atoms with Crippen molar-refractivity contribution in [1.29, 1.82) is 0 Å². The van der Waals surface area contributed by atoms with Crippen molar-refractivity contribution in [3.63, 3.8) is 0 Å². The minimum Gasteiger partial charge on any atom is -0.444 e. The summed E-state index contributed by atoms with van der Waals surface area (Å²) in [5.74, 6) is 0.332. The summed E-state index contributed by atoms with van der Waals surface area (Å²) in [6.07, 6.45) is 1.76. The second-order valence-corrected chi connectivity index (χ2v) is 6.24. The van der Waals surface area contributed by atoms with Crippen molar-refractivity contribution < 1.29 is 14.3 Å². The lowest BCUT2D eigenvalue weighted by atomic mass is 9.97. The van der Waals surface area contributed by atoms with Crippen LogP contribution >= 0.6 is 0 Å². The van der Waals surface area contributed by atoms with E-state index >= 15 is 0 Å². The quantitative estimate of drug-likeness (QED) is 0.795. The van der Waals surface area contributed by atoms with Gasteiger partial charge in [-0.05, 0) is 40.2 Å². The van der Waals surface area contributed by atoms with Gasteiger partial charge in [0.05, 0.1) is 6.10 Å². The molecule has 0 bridgehead atoms. The molecule has 0 radical (unpaired) electrons. The molecule has 1 aliphatic heterocycles. The summed E-state index contributed by atoms with van der Waals surface area (Å²) in [7, 11) is 0. The number of hydrogen-bond donors (Lipinski definition) is 1. The molecule has 5 heteroatoms. The van der Waals surface area contributed by atoms with Crippen molar-refractivity contribution in [2.75, 3.05) is 26.2 Å². The fraction of sp³-hybridized carbons (Fsp3) is 0.929. The van der Waals surface area contributed by atoms with Crippen LogP contribution in [-0.2, 0) is 9.47 Å². The van der Waals surface area contributed by atoms with Crippen molar-refractivity contribution in [3.8, 4) is 0 Å². The predicted octanol–water partition coefficient (Wildman–Crippen LogP) is 2.00. The SMILES string of the molecule is CC1CN(C(=O)OC(C)(C)C)CCC1OCCCN. The van der Waals surface area contributed by atoms with Crippen LogP contribution in [0.15, 0.2) is 0 Å². The lowest BCUT2D eigenvalue weighted by Gasteiger charge is -2.37. The van der Waals surface area contributed by atoms with E-state index in [9.17, 15) is 4.79 Å². The van der Waals surface area contributed by atoms with E-state index in [0.29, 0.717) is 32.2 Å². The molecule has 1 fully saturated rings. The average Bonchev–Trinajstić information content (AvgIpc) is 2.29. The van der Waals surface area contributed by atoms with Crippen LogP contribution in [0.1, 0.15) is 40.5 Å². The number of nitrogens with zero attached hydrogens (tertiary/aromatic N) is 1. The van der Waals surface area contributed by atoms with Gasteiger partial charge in [-0.1, -0.05) is 6.92 Å². The highest BCUT2D eigenvalue weighted by Gasteiger charge is 2.31. The highest BCUT2D eigenvalue weighted by molar-refractivity contribution is 5.68. The Bertz CT molecular complexity index is 289. The molecule has 19 heavy (non-hydrogen) atoms. The molecule has 0 aromatic carbocycles. The number of carbonyl (C=O) groups is 1. The van der Waals surface area contributed by atoms with E-state index in [1.165, 1.54) is 0 Å². The smallest absolute Gasteiger partial charge is 0.410 e. The van der Waals surface area contributed by atoms with Gasteiger partial charge in [0.15, 0.2) is 0 Å². The molecule has 1 aliphatic rings. The molecule has 2 atom stereocenters. The van der Waals surface area contributed by atoms with Crippen LogP contribution in [0.3, 0.4) is 0 Å². The van der Waals surface area contributed by atoms with Crippen LogP contribution in [-0.4, -0.2) is 48.9 Å². The minimum atomic E-state index is -0.436. The van der Waals surface area contributed by atoms with E-state index in [0.717, 1.165) is 12.8 Å². The van der Waals surface area contributed by atoms with Gasteiger partial charge in [-0.25, -0.2) is 4.79 Å². The van der Waals surface area contributed by atoms with Crippen LogP contribution in [0.25, 0.3) is 0 Å². The summed E-state index contributed by atoms with van der Waals surface area (Å²) in [6, 6.07) is 0. The van der Waals surface area contributed by atoms with Gasteiger partial charge in [-0.3, -0.25) is 0 Å². The Labute approximate surface area is 116 Å². The number of carbonyl (C=O) groups excluding carboxylic acids is 1. The lowest BCUT2D eigenvalue weighted by Crippen LogP contribution is -2.47. The first-order valence-electron chi connectivity index (χ1n) is 7.13. The molecule has 1 amide bonds. The van der Waals surface area contributed by atoms with Crippen LogP contribution < -0.4 is 5.73 Å². The summed E-state index contributed by atoms with van der Waals surface area (Å²) >= 11 is 0. The van der Waals surface area contributed by atoms with Crippen LogP contribution in [0.5, 0.6) is 0 Å². The van der Waals surface area contributed by atoms with E-state index in [1.54, 1.807) is 4.90 Å². The van der Waals surface area contributed by atoms with E-state index in [1.807, 2.05) is 20.8 Å². The first-order chi connectivity index (χ1) is 8.83. The van der Waals surface area contributed by atoms with Crippen molar-refractivity contribution in [2.45, 2.75) is 52.2 Å². The molecule has 2 N–H and O–H groups in total. The van der Waals surface area contributed by atoms with Gasteiger partial charge in [0.25, 0.3) is 0 Å². The Morgan fingerprint density at radius 2 is 2.11 bits per heavy atom. The maximum absolute atomic E-state index is 12.0. The predicted molar refractivity (Wildman–Crippen MR) is 75.0 cm³/mol. The van der Waals surface area contributed by atoms with Gasteiger partial charge in [-0.2, -0.15) is 0 Å². The third-order valence-electron chi connectivity index (χ3n) is 3.16. The molecule has 0 aliphatic carbocycles. The molecule has 2 unspecified atom stereocenters. The zero-order valence-electron chi connectivity index (χ0n) is 12.6. The molecule has 112 valence electrons. The number of rotatable bonds is 4. The number of amides is 1. The molecular weight excluding hydrogens is 244 g/mol. The summed E-state index contributed by atoms with van der Waals surface area (Å²) in [4.78, 5) is 13.7. The Kier molecular flexibility index (Phi) is 6.07. The second kappa shape index (κ2) is 7.10. The summed E-state index contributed by atoms with van der Waals surface area (Å²) in [5, 5.41) is 0. The summed E-state index contributed by atoms with van der Waals surface area (Å²) in [5.41, 5.74) is 5.01. The Hall–Kier alpha value is -0.810. The van der Waals surface area contributed by atoms with Gasteiger partial charge < -0.3 is 20.1 Å². The van der Waals surface area contributed by atoms with Crippen molar-refractivity contribution in [2.24, 2.45) is 11.7 Å². The monoisotopic (exact) mass is 272 g/mol. The molecular formula is C14H28N2O3. The van der Waals surface area contributed by atoms with E-state index in [4.69, 9.17) is 15.2 Å². The molecule has 1 heterocycles. The topological polar surface area (TPSA) is 64.8 Å². The van der Waals surface area contributed by atoms with E-state index in [2.05, 4.69) is 6.92 Å². The largest absolute Gasteiger partial charge is 0.444 e. The normalized spacial score (nSPS) is 24.4. The zero-order valence-corrected chi connectivity index (χ0v) is 12.6. The van der Waals surface area contributed by atoms with E-state index < -0.39 is 5.60 Å². The van der Waals surface area contributed by atoms with Crippen LogP contribution in [0.2, 0.25) is 0 Å². The van der Waals surface area contributed by atoms with Crippen molar-refractivity contribution >= 4 is 6.09 Å². The molecule has 0 saturated carbocycles. The molecule has 0 aromatic rings. The van der Waals surface area contributed by atoms with Crippen molar-refractivity contribution in [3.05, 3.63) is 0 Å². The van der Waals surface area contributed by atoms with Crippen LogP contribution in [0.4, 0.5) is 4.79 Å². The number of nitrogens with two attached hydrogens (primary N) is 1. The Morgan fingerprint density at radius 1 is 1.42 bits per heavy atom. The third kappa shape index (κ3) is 5.78. The fourth-order valence-electron chi connectivity index (χ4n) is 2.18. The molecule has 0 aromatic heterocycles. The number of ether oxygens (including phenoxy) is 2. The molecule has 5 nitrogen and oxygen atoms in total. The van der Waals surface area contributed by atoms with Gasteiger partial charge >= 0.3 is 6.09 Å². The van der Waals surface area contributed by atoms with Gasteiger partial charge in [0.2, 0.25) is 0 Å². The highest BCUT2D eigenvalue weighted by Crippen LogP contribution is 2.21. The van der Waals surface area contributed by atoms with E-state index in [-0.39, 0.29) is 12.2 Å². The average molecular weight is 272 g/mol. The number of piperidine rings is 1. The molecule has 0 spiro atoms. The number of hydrogen-bond acceptors (Lipinski definition) is 4. The second-order valence-electron chi connectivity index (χ2n) is 6.24. The first-order valence-corrected chi connectivity index (χ1v) is 7.13. The van der Waals surface area contributed by atoms with Gasteiger partial charge in [0, 0.05) is 25.6 Å². The zero-order chi connectivity index (χ0) is 14.5. The molecule has 1 rings (SSSR count). The van der Waals surface area contributed by atoms with Crippen molar-refractivity contribution in [1.82, 2.24) is 4.90 Å². The minimum absolute atomic E-state index is 0.222. The number of likely N-dealkylation sites (tertiary alicyclic amines) is 1. The van der Waals surface area contributed by atoms with Crippen LogP contribution in [0, 0.1) is 5.92 Å². The molecule has 1 saturated heterocycles. The lowest BCUT2D eigenvalue weighted by molar-refractivity contribution is -0.0368. The standard InChI is InChI=1S/C14H28N2O3/c1-11-10-16(13(17)19-14(2,3)4)8-6-12(11)18-9-5-7-15/h11-12H,5-10,15H2,1-4H3. The Morgan fingerprint density at radius 3 is 2.63 bits per heavy atom. The summed E-state index contributed by atoms with van der Waals surface area (Å²) in [6.45, 7) is 10.5.